The Morgan fingerprint density at radius 2 is 2.36 bits per heavy atom. The molecule has 0 rings (SSSR count). The summed E-state index contributed by atoms with van der Waals surface area (Å²) in [5, 5.41) is 11.5. The molecule has 66 valence electrons. The number of rotatable bonds is 6. The second-order valence-corrected chi connectivity index (χ2v) is 2.45. The predicted octanol–water partition coefficient (Wildman–Crippen LogP) is -0.212. The van der Waals surface area contributed by atoms with Gasteiger partial charge in [-0.3, -0.25) is 4.79 Å². The van der Waals surface area contributed by atoms with Crippen molar-refractivity contribution in [2.75, 3.05) is 13.1 Å². The molecule has 4 nitrogen and oxygen atoms in total. The average Bonchev–Trinajstić information content (AvgIpc) is 1.97. The summed E-state index contributed by atoms with van der Waals surface area (Å²) in [6.45, 7) is 3.19. The van der Waals surface area contributed by atoms with E-state index >= 15 is 0 Å². The van der Waals surface area contributed by atoms with E-state index in [2.05, 4.69) is 5.32 Å². The monoisotopic (exact) mass is 160 g/mol. The molecule has 11 heavy (non-hydrogen) atoms. The summed E-state index contributed by atoms with van der Waals surface area (Å²) in [5.74, 6) is -0.763. The Bertz CT molecular complexity index is 117. The molecule has 0 fully saturated rings. The minimum atomic E-state index is -0.763. The van der Waals surface area contributed by atoms with Gasteiger partial charge < -0.3 is 16.2 Å². The third-order valence-corrected chi connectivity index (χ3v) is 1.49. The molecule has 0 saturated heterocycles. The van der Waals surface area contributed by atoms with E-state index in [1.165, 1.54) is 0 Å². The van der Waals surface area contributed by atoms with Crippen LogP contribution in [0.2, 0.25) is 0 Å². The molecule has 0 aromatic carbocycles. The van der Waals surface area contributed by atoms with Crippen molar-refractivity contribution in [3.63, 3.8) is 0 Å². The molecule has 0 aromatic rings. The van der Waals surface area contributed by atoms with Crippen LogP contribution < -0.4 is 11.1 Å². The van der Waals surface area contributed by atoms with E-state index < -0.39 is 5.97 Å². The van der Waals surface area contributed by atoms with Gasteiger partial charge in [-0.05, 0) is 6.42 Å². The predicted molar refractivity (Wildman–Crippen MR) is 43.4 cm³/mol. The topological polar surface area (TPSA) is 75.3 Å². The zero-order chi connectivity index (χ0) is 8.69. The largest absolute Gasteiger partial charge is 0.481 e. The van der Waals surface area contributed by atoms with E-state index in [4.69, 9.17) is 10.8 Å². The molecule has 0 aliphatic rings. The molecular formula is C7H16N2O2. The average molecular weight is 160 g/mol. The number of aliphatic carboxylic acids is 1. The summed E-state index contributed by atoms with van der Waals surface area (Å²) < 4.78 is 0. The van der Waals surface area contributed by atoms with Gasteiger partial charge in [-0.15, -0.1) is 0 Å². The number of hydrogen-bond acceptors (Lipinski definition) is 3. The van der Waals surface area contributed by atoms with Gasteiger partial charge in [-0.1, -0.05) is 6.92 Å². The maximum atomic E-state index is 10.3. The van der Waals surface area contributed by atoms with E-state index in [0.29, 0.717) is 13.1 Å². The number of nitrogens with one attached hydrogen (secondary N) is 1. The van der Waals surface area contributed by atoms with Gasteiger partial charge in [0.05, 0.1) is 6.42 Å². The number of hydrogen-bond donors (Lipinski definition) is 3. The molecule has 1 unspecified atom stereocenters. The Morgan fingerprint density at radius 1 is 1.73 bits per heavy atom. The standard InChI is InChI=1S/C7H16N2O2/c1-2-6(5-7(10)11)9-4-3-8/h6,9H,2-5,8H2,1H3,(H,10,11). The Morgan fingerprint density at radius 3 is 2.73 bits per heavy atom. The van der Waals surface area contributed by atoms with Crippen molar-refractivity contribution in [2.24, 2.45) is 5.73 Å². The van der Waals surface area contributed by atoms with Gasteiger partial charge in [0.25, 0.3) is 0 Å². The first-order valence-corrected chi connectivity index (χ1v) is 3.86. The molecule has 0 spiro atoms. The Balaban J connectivity index is 3.49. The lowest BCUT2D eigenvalue weighted by Gasteiger charge is -2.13. The zero-order valence-electron chi connectivity index (χ0n) is 6.84. The van der Waals surface area contributed by atoms with E-state index in [0.717, 1.165) is 6.42 Å². The molecule has 4 heteroatoms. The van der Waals surface area contributed by atoms with Gasteiger partial charge in [-0.2, -0.15) is 0 Å². The summed E-state index contributed by atoms with van der Waals surface area (Å²) in [7, 11) is 0. The van der Waals surface area contributed by atoms with E-state index in [1.807, 2.05) is 6.92 Å². The highest BCUT2D eigenvalue weighted by atomic mass is 16.4. The fourth-order valence-electron chi connectivity index (χ4n) is 0.859. The van der Waals surface area contributed by atoms with Crippen molar-refractivity contribution in [1.29, 1.82) is 0 Å². The number of carboxylic acids is 1. The van der Waals surface area contributed by atoms with Crippen LogP contribution in [0, 0.1) is 0 Å². The highest BCUT2D eigenvalue weighted by Gasteiger charge is 2.08. The molecule has 0 amide bonds. The second-order valence-electron chi connectivity index (χ2n) is 2.45. The maximum Gasteiger partial charge on any atom is 0.304 e. The van der Waals surface area contributed by atoms with Crippen LogP contribution >= 0.6 is 0 Å². The van der Waals surface area contributed by atoms with Crippen molar-refractivity contribution < 1.29 is 9.90 Å². The lowest BCUT2D eigenvalue weighted by molar-refractivity contribution is -0.137. The first-order valence-electron chi connectivity index (χ1n) is 3.86. The lowest BCUT2D eigenvalue weighted by Crippen LogP contribution is -2.34. The van der Waals surface area contributed by atoms with Crippen LogP contribution in [0.25, 0.3) is 0 Å². The SMILES string of the molecule is CCC(CC(=O)O)NCCN. The Labute approximate surface area is 66.8 Å². The molecule has 0 saturated carbocycles. The third kappa shape index (κ3) is 5.82. The quantitative estimate of drug-likeness (QED) is 0.502. The molecule has 4 N–H and O–H groups in total. The van der Waals surface area contributed by atoms with E-state index in [9.17, 15) is 4.79 Å². The third-order valence-electron chi connectivity index (χ3n) is 1.49. The molecule has 0 heterocycles. The summed E-state index contributed by atoms with van der Waals surface area (Å²) in [5.41, 5.74) is 5.25. The fraction of sp³-hybridized carbons (Fsp3) is 0.857. The fourth-order valence-corrected chi connectivity index (χ4v) is 0.859. The van der Waals surface area contributed by atoms with E-state index in [1.54, 1.807) is 0 Å². The minimum Gasteiger partial charge on any atom is -0.481 e. The smallest absolute Gasteiger partial charge is 0.304 e. The van der Waals surface area contributed by atoms with Crippen LogP contribution in [-0.4, -0.2) is 30.2 Å². The number of carboxylic acid groups (broad SMARTS) is 1. The molecule has 0 aromatic heterocycles. The van der Waals surface area contributed by atoms with Crippen molar-refractivity contribution in [3.05, 3.63) is 0 Å². The van der Waals surface area contributed by atoms with Crippen LogP contribution in [0.3, 0.4) is 0 Å². The van der Waals surface area contributed by atoms with Gasteiger partial charge in [0.15, 0.2) is 0 Å². The molecule has 1 atom stereocenters. The summed E-state index contributed by atoms with van der Waals surface area (Å²) >= 11 is 0. The molecule has 0 bridgehead atoms. The van der Waals surface area contributed by atoms with Crippen LogP contribution in [-0.2, 0) is 4.79 Å². The number of carbonyl (C=O) groups is 1. The zero-order valence-corrected chi connectivity index (χ0v) is 6.84. The highest BCUT2D eigenvalue weighted by molar-refractivity contribution is 5.67. The highest BCUT2D eigenvalue weighted by Crippen LogP contribution is 1.95. The van der Waals surface area contributed by atoms with Crippen LogP contribution in [0.4, 0.5) is 0 Å². The normalized spacial score (nSPS) is 12.9. The van der Waals surface area contributed by atoms with Gasteiger partial charge in [-0.25, -0.2) is 0 Å². The second kappa shape index (κ2) is 6.12. The first kappa shape index (κ1) is 10.4. The molecular weight excluding hydrogens is 144 g/mol. The van der Waals surface area contributed by atoms with Gasteiger partial charge in [0.2, 0.25) is 0 Å². The minimum absolute atomic E-state index is 0.0658. The molecule has 0 aliphatic heterocycles. The van der Waals surface area contributed by atoms with Gasteiger partial charge in [0, 0.05) is 19.1 Å². The van der Waals surface area contributed by atoms with Gasteiger partial charge in [0.1, 0.15) is 0 Å². The Hall–Kier alpha value is -0.610. The summed E-state index contributed by atoms with van der Waals surface area (Å²) in [6, 6.07) is 0.0658. The summed E-state index contributed by atoms with van der Waals surface area (Å²) in [4.78, 5) is 10.3. The molecule has 0 aliphatic carbocycles. The number of nitrogens with two attached hydrogens (primary N) is 1. The van der Waals surface area contributed by atoms with Crippen LogP contribution in [0.1, 0.15) is 19.8 Å². The van der Waals surface area contributed by atoms with Crippen LogP contribution in [0.15, 0.2) is 0 Å². The molecule has 0 radical (unpaired) electrons. The maximum absolute atomic E-state index is 10.3. The van der Waals surface area contributed by atoms with E-state index in [-0.39, 0.29) is 12.5 Å². The first-order chi connectivity index (χ1) is 5.20. The lowest BCUT2D eigenvalue weighted by atomic mass is 10.1. The van der Waals surface area contributed by atoms with Crippen molar-refractivity contribution >= 4 is 5.97 Å². The van der Waals surface area contributed by atoms with Crippen LogP contribution in [0.5, 0.6) is 0 Å². The van der Waals surface area contributed by atoms with Crippen molar-refractivity contribution in [2.45, 2.75) is 25.8 Å². The van der Waals surface area contributed by atoms with Crippen molar-refractivity contribution in [3.8, 4) is 0 Å². The van der Waals surface area contributed by atoms with Gasteiger partial charge >= 0.3 is 5.97 Å². The summed E-state index contributed by atoms with van der Waals surface area (Å²) in [6.07, 6.45) is 1.00. The van der Waals surface area contributed by atoms with Crippen molar-refractivity contribution in [1.82, 2.24) is 5.32 Å². The Kier molecular flexibility index (Phi) is 5.78.